The second-order valence-corrected chi connectivity index (χ2v) is 7.46. The molecule has 4 amide bonds. The normalized spacial score (nSPS) is 18.0. The van der Waals surface area contributed by atoms with E-state index in [4.69, 9.17) is 17.2 Å². The van der Waals surface area contributed by atoms with E-state index in [1.807, 2.05) is 0 Å². The van der Waals surface area contributed by atoms with E-state index in [1.54, 1.807) is 0 Å². The van der Waals surface area contributed by atoms with Gasteiger partial charge in [0.2, 0.25) is 23.6 Å². The summed E-state index contributed by atoms with van der Waals surface area (Å²) in [6.07, 6.45) is 1.21. The van der Waals surface area contributed by atoms with Gasteiger partial charge in [0.25, 0.3) is 0 Å². The van der Waals surface area contributed by atoms with Gasteiger partial charge in [0.05, 0.1) is 12.5 Å². The number of amides is 4. The summed E-state index contributed by atoms with van der Waals surface area (Å²) < 4.78 is 0. The van der Waals surface area contributed by atoms with Crippen LogP contribution in [-0.4, -0.2) is 77.9 Å². The molecule has 1 aliphatic heterocycles. The molecule has 0 aromatic rings. The lowest BCUT2D eigenvalue weighted by Gasteiger charge is -2.23. The Hall–Kier alpha value is -3.42. The van der Waals surface area contributed by atoms with E-state index in [0.717, 1.165) is 6.42 Å². The number of primary amides is 1. The van der Waals surface area contributed by atoms with E-state index in [-0.39, 0.29) is 31.3 Å². The molecule has 0 aromatic carbocycles. The fraction of sp³-hybridized carbons (Fsp3) is 0.667. The lowest BCUT2D eigenvalue weighted by Crippen LogP contribution is -2.57. The number of nitrogens with one attached hydrogen (secondary N) is 4. The molecule has 1 aliphatic rings. The highest BCUT2D eigenvalue weighted by Gasteiger charge is 2.30. The van der Waals surface area contributed by atoms with Crippen molar-refractivity contribution in [3.8, 4) is 0 Å². The largest absolute Gasteiger partial charge is 0.480 e. The highest BCUT2D eigenvalue weighted by atomic mass is 16.4. The molecule has 11 N–H and O–H groups in total. The molecule has 4 unspecified atom stereocenters. The molecular formula is C18H32N8O6. The second-order valence-electron chi connectivity index (χ2n) is 7.46. The van der Waals surface area contributed by atoms with Crippen molar-refractivity contribution >= 4 is 35.6 Å². The molecule has 1 fully saturated rings. The fourth-order valence-electron chi connectivity index (χ4n) is 3.03. The van der Waals surface area contributed by atoms with Crippen molar-refractivity contribution in [1.82, 2.24) is 21.3 Å². The SMILES string of the molecule is CC(NC(=O)C1CCCN1)C(=O)NC(CC(N)=O)C(=O)NC(CCCN=C(N)N)C(=O)O. The molecular weight excluding hydrogens is 424 g/mol. The molecule has 0 bridgehead atoms. The zero-order valence-corrected chi connectivity index (χ0v) is 17.9. The third-order valence-electron chi connectivity index (χ3n) is 4.73. The molecule has 0 saturated carbocycles. The van der Waals surface area contributed by atoms with Crippen LogP contribution in [0, 0.1) is 0 Å². The summed E-state index contributed by atoms with van der Waals surface area (Å²) in [7, 11) is 0. The van der Waals surface area contributed by atoms with Crippen molar-refractivity contribution in [1.29, 1.82) is 0 Å². The van der Waals surface area contributed by atoms with Gasteiger partial charge in [-0.2, -0.15) is 0 Å². The first kappa shape index (κ1) is 26.6. The lowest BCUT2D eigenvalue weighted by atomic mass is 10.1. The van der Waals surface area contributed by atoms with E-state index in [2.05, 4.69) is 26.3 Å². The number of carboxylic acids is 1. The minimum Gasteiger partial charge on any atom is -0.480 e. The molecule has 0 aromatic heterocycles. The average Bonchev–Trinajstić information content (AvgIpc) is 3.23. The molecule has 1 saturated heterocycles. The number of hydrogen-bond donors (Lipinski definition) is 8. The molecule has 1 rings (SSSR count). The zero-order valence-electron chi connectivity index (χ0n) is 17.9. The summed E-state index contributed by atoms with van der Waals surface area (Å²) in [4.78, 5) is 63.7. The summed E-state index contributed by atoms with van der Waals surface area (Å²) >= 11 is 0. The maximum atomic E-state index is 12.6. The van der Waals surface area contributed by atoms with Crippen LogP contribution in [0.25, 0.3) is 0 Å². The van der Waals surface area contributed by atoms with Gasteiger partial charge < -0.3 is 43.6 Å². The van der Waals surface area contributed by atoms with Crippen LogP contribution < -0.4 is 38.5 Å². The van der Waals surface area contributed by atoms with Gasteiger partial charge in [-0.05, 0) is 39.2 Å². The van der Waals surface area contributed by atoms with Crippen LogP contribution in [-0.2, 0) is 24.0 Å². The molecule has 1 heterocycles. The number of aliphatic imine (C=N–C) groups is 1. The van der Waals surface area contributed by atoms with Gasteiger partial charge in [0.1, 0.15) is 18.1 Å². The Kier molecular flexibility index (Phi) is 10.9. The average molecular weight is 457 g/mol. The van der Waals surface area contributed by atoms with E-state index in [1.165, 1.54) is 6.92 Å². The first-order valence-electron chi connectivity index (χ1n) is 10.2. The topological polar surface area (TPSA) is 244 Å². The Bertz CT molecular complexity index is 733. The summed E-state index contributed by atoms with van der Waals surface area (Å²) in [5.41, 5.74) is 15.6. The summed E-state index contributed by atoms with van der Waals surface area (Å²) in [5.74, 6) is -4.31. The molecule has 0 aliphatic carbocycles. The maximum absolute atomic E-state index is 12.6. The summed E-state index contributed by atoms with van der Waals surface area (Å²) in [6.45, 7) is 2.29. The van der Waals surface area contributed by atoms with Crippen LogP contribution in [0.15, 0.2) is 4.99 Å². The molecule has 14 nitrogen and oxygen atoms in total. The first-order chi connectivity index (χ1) is 15.0. The molecule has 32 heavy (non-hydrogen) atoms. The quantitative estimate of drug-likeness (QED) is 0.0768. The van der Waals surface area contributed by atoms with Crippen molar-refractivity contribution in [2.75, 3.05) is 13.1 Å². The number of nitrogens with zero attached hydrogens (tertiary/aromatic N) is 1. The number of carboxylic acid groups (broad SMARTS) is 1. The minimum absolute atomic E-state index is 0.00986. The van der Waals surface area contributed by atoms with Crippen molar-refractivity contribution < 1.29 is 29.1 Å². The van der Waals surface area contributed by atoms with Crippen LogP contribution in [0.5, 0.6) is 0 Å². The number of guanidine groups is 1. The van der Waals surface area contributed by atoms with Crippen LogP contribution in [0.1, 0.15) is 39.0 Å². The smallest absolute Gasteiger partial charge is 0.326 e. The van der Waals surface area contributed by atoms with E-state index >= 15 is 0 Å². The summed E-state index contributed by atoms with van der Waals surface area (Å²) in [5, 5.41) is 19.5. The van der Waals surface area contributed by atoms with Gasteiger partial charge in [-0.15, -0.1) is 0 Å². The molecule has 4 atom stereocenters. The fourth-order valence-corrected chi connectivity index (χ4v) is 3.03. The van der Waals surface area contributed by atoms with Gasteiger partial charge in [-0.25, -0.2) is 4.79 Å². The summed E-state index contributed by atoms with van der Waals surface area (Å²) in [6, 6.07) is -4.11. The second kappa shape index (κ2) is 13.1. The van der Waals surface area contributed by atoms with Crippen LogP contribution in [0.3, 0.4) is 0 Å². The van der Waals surface area contributed by atoms with E-state index in [0.29, 0.717) is 13.0 Å². The van der Waals surface area contributed by atoms with Gasteiger partial charge in [-0.3, -0.25) is 24.2 Å². The Labute approximate surface area is 185 Å². The van der Waals surface area contributed by atoms with E-state index < -0.39 is 54.3 Å². The zero-order chi connectivity index (χ0) is 24.3. The third kappa shape index (κ3) is 9.59. The number of rotatable bonds is 13. The van der Waals surface area contributed by atoms with Gasteiger partial charge >= 0.3 is 5.97 Å². The monoisotopic (exact) mass is 456 g/mol. The Balaban J connectivity index is 2.71. The number of carbonyl (C=O) groups excluding carboxylic acids is 4. The van der Waals surface area contributed by atoms with Crippen molar-refractivity contribution in [2.45, 2.75) is 63.2 Å². The van der Waals surface area contributed by atoms with Crippen molar-refractivity contribution in [3.05, 3.63) is 0 Å². The van der Waals surface area contributed by atoms with Gasteiger partial charge in [0.15, 0.2) is 5.96 Å². The Morgan fingerprint density at radius 1 is 1.06 bits per heavy atom. The highest BCUT2D eigenvalue weighted by Crippen LogP contribution is 2.05. The van der Waals surface area contributed by atoms with Gasteiger partial charge in [0, 0.05) is 6.54 Å². The lowest BCUT2D eigenvalue weighted by molar-refractivity contribution is -0.142. The Morgan fingerprint density at radius 3 is 2.25 bits per heavy atom. The third-order valence-corrected chi connectivity index (χ3v) is 4.73. The van der Waals surface area contributed by atoms with Crippen molar-refractivity contribution in [3.63, 3.8) is 0 Å². The minimum atomic E-state index is -1.41. The van der Waals surface area contributed by atoms with Gasteiger partial charge in [-0.1, -0.05) is 0 Å². The molecule has 0 radical (unpaired) electrons. The molecule has 14 heteroatoms. The standard InChI is InChI=1S/C18H32N8O6/c1-9(24-15(29)10-4-2-6-22-10)14(28)26-12(8-13(19)27)16(30)25-11(17(31)32)5-3-7-23-18(20)21/h9-12,22H,2-8H2,1H3,(H2,19,27)(H,24,29)(H,25,30)(H,26,28)(H,31,32)(H4,20,21,23). The van der Waals surface area contributed by atoms with Crippen LogP contribution in [0.2, 0.25) is 0 Å². The maximum Gasteiger partial charge on any atom is 0.326 e. The number of nitrogens with two attached hydrogens (primary N) is 3. The molecule has 0 spiro atoms. The predicted molar refractivity (Wildman–Crippen MR) is 114 cm³/mol. The van der Waals surface area contributed by atoms with Crippen LogP contribution in [0.4, 0.5) is 0 Å². The predicted octanol–water partition coefficient (Wildman–Crippen LogP) is -3.77. The number of aliphatic carboxylic acids is 1. The molecule has 180 valence electrons. The number of carbonyl (C=O) groups is 5. The van der Waals surface area contributed by atoms with E-state index in [9.17, 15) is 29.1 Å². The van der Waals surface area contributed by atoms with Crippen molar-refractivity contribution in [2.24, 2.45) is 22.2 Å². The highest BCUT2D eigenvalue weighted by molar-refractivity contribution is 5.96. The van der Waals surface area contributed by atoms with Crippen LogP contribution >= 0.6 is 0 Å². The number of hydrogen-bond acceptors (Lipinski definition) is 7. The first-order valence-corrected chi connectivity index (χ1v) is 10.2. The Morgan fingerprint density at radius 2 is 1.72 bits per heavy atom.